The van der Waals surface area contributed by atoms with E-state index in [2.05, 4.69) is 14.6 Å². The predicted molar refractivity (Wildman–Crippen MR) is 80.7 cm³/mol. The summed E-state index contributed by atoms with van der Waals surface area (Å²) >= 11 is 1.29. The van der Waals surface area contributed by atoms with E-state index < -0.39 is 0 Å². The topological polar surface area (TPSA) is 63.7 Å². The third-order valence-corrected chi connectivity index (χ3v) is 3.69. The minimum Gasteiger partial charge on any atom is -0.462 e. The van der Waals surface area contributed by atoms with Crippen LogP contribution in [0.2, 0.25) is 0 Å². The van der Waals surface area contributed by atoms with Gasteiger partial charge in [-0.1, -0.05) is 0 Å². The van der Waals surface area contributed by atoms with Crippen LogP contribution < -0.4 is 5.32 Å². The van der Waals surface area contributed by atoms with Crippen LogP contribution in [0.1, 0.15) is 23.0 Å². The van der Waals surface area contributed by atoms with E-state index in [1.807, 2.05) is 14.0 Å². The van der Waals surface area contributed by atoms with E-state index in [4.69, 9.17) is 9.47 Å². The van der Waals surface area contributed by atoms with Crippen molar-refractivity contribution in [3.8, 4) is 0 Å². The lowest BCUT2D eigenvalue weighted by Crippen LogP contribution is -2.28. The maximum absolute atomic E-state index is 11.9. The number of nitrogens with zero attached hydrogens (tertiary/aromatic N) is 2. The highest BCUT2D eigenvalue weighted by Crippen LogP contribution is 2.25. The molecule has 0 spiro atoms. The van der Waals surface area contributed by atoms with Crippen molar-refractivity contribution in [3.63, 3.8) is 0 Å². The number of hydrogen-bond donors (Lipinski definition) is 1. The van der Waals surface area contributed by atoms with Gasteiger partial charge in [-0.15, -0.1) is 0 Å². The molecule has 0 aliphatic carbocycles. The molecule has 1 rings (SSSR count). The maximum atomic E-state index is 11.9. The first-order valence-corrected chi connectivity index (χ1v) is 7.42. The summed E-state index contributed by atoms with van der Waals surface area (Å²) in [5.74, 6) is -0.311. The molecule has 0 saturated heterocycles. The molecule has 1 heterocycles. The number of aromatic nitrogens is 1. The summed E-state index contributed by atoms with van der Waals surface area (Å²) in [4.78, 5) is 14.0. The summed E-state index contributed by atoms with van der Waals surface area (Å²) in [5.41, 5.74) is 1.26. The summed E-state index contributed by atoms with van der Waals surface area (Å²) in [6.07, 6.45) is 0. The van der Waals surface area contributed by atoms with Gasteiger partial charge in [-0.2, -0.15) is 4.37 Å². The molecular formula is C13H23N3O3S. The quantitative estimate of drug-likeness (QED) is 0.699. The second-order valence-corrected chi connectivity index (χ2v) is 5.19. The van der Waals surface area contributed by atoms with Crippen molar-refractivity contribution < 1.29 is 14.3 Å². The van der Waals surface area contributed by atoms with Gasteiger partial charge in [0.1, 0.15) is 10.6 Å². The first-order chi connectivity index (χ1) is 9.60. The summed E-state index contributed by atoms with van der Waals surface area (Å²) in [5, 5.41) is 4.03. The molecule has 7 heteroatoms. The zero-order chi connectivity index (χ0) is 15.0. The number of anilines is 1. The Bertz CT molecular complexity index is 423. The molecule has 0 unspecified atom stereocenters. The largest absolute Gasteiger partial charge is 0.462 e. The van der Waals surface area contributed by atoms with E-state index in [1.54, 1.807) is 14.0 Å². The van der Waals surface area contributed by atoms with Crippen LogP contribution >= 0.6 is 11.5 Å². The van der Waals surface area contributed by atoms with Gasteiger partial charge in [0.05, 0.1) is 18.9 Å². The molecule has 0 aromatic carbocycles. The van der Waals surface area contributed by atoms with E-state index in [9.17, 15) is 4.79 Å². The van der Waals surface area contributed by atoms with Crippen molar-refractivity contribution in [2.24, 2.45) is 0 Å². The fourth-order valence-electron chi connectivity index (χ4n) is 1.65. The van der Waals surface area contributed by atoms with Crippen LogP contribution in [0.5, 0.6) is 0 Å². The molecule has 0 aliphatic heterocycles. The normalized spacial score (nSPS) is 10.8. The van der Waals surface area contributed by atoms with Gasteiger partial charge in [0.15, 0.2) is 0 Å². The van der Waals surface area contributed by atoms with Crippen LogP contribution in [0.4, 0.5) is 5.00 Å². The summed E-state index contributed by atoms with van der Waals surface area (Å²) < 4.78 is 14.3. The number of methoxy groups -OCH3 is 1. The van der Waals surface area contributed by atoms with E-state index >= 15 is 0 Å². The van der Waals surface area contributed by atoms with E-state index in [1.165, 1.54) is 11.5 Å². The van der Waals surface area contributed by atoms with Gasteiger partial charge in [0.2, 0.25) is 0 Å². The van der Waals surface area contributed by atoms with E-state index in [-0.39, 0.29) is 5.97 Å². The Hall–Kier alpha value is -1.18. The van der Waals surface area contributed by atoms with E-state index in [0.717, 1.165) is 24.6 Å². The Morgan fingerprint density at radius 2 is 2.20 bits per heavy atom. The molecule has 1 N–H and O–H groups in total. The summed E-state index contributed by atoms with van der Waals surface area (Å²) in [6, 6.07) is 0. The molecule has 0 aliphatic rings. The first-order valence-electron chi connectivity index (χ1n) is 6.64. The summed E-state index contributed by atoms with van der Waals surface area (Å²) in [6.45, 7) is 7.18. The molecule has 0 radical (unpaired) electrons. The van der Waals surface area contributed by atoms with Crippen LogP contribution in [-0.2, 0) is 9.47 Å². The van der Waals surface area contributed by atoms with Crippen molar-refractivity contribution in [1.29, 1.82) is 0 Å². The highest BCUT2D eigenvalue weighted by Gasteiger charge is 2.19. The van der Waals surface area contributed by atoms with Gasteiger partial charge in [-0.25, -0.2) is 4.79 Å². The van der Waals surface area contributed by atoms with Crippen LogP contribution in [0.3, 0.4) is 0 Å². The SMILES string of the molecule is CCOC(=O)c1c(C)nsc1NCCN(C)CCOC. The fraction of sp³-hybridized carbons (Fsp3) is 0.692. The molecule has 0 amide bonds. The standard InChI is InChI=1S/C13H23N3O3S/c1-5-19-13(17)11-10(2)15-20-12(11)14-6-7-16(3)8-9-18-4/h14H,5-9H2,1-4H3. The van der Waals surface area contributed by atoms with Gasteiger partial charge >= 0.3 is 5.97 Å². The minimum atomic E-state index is -0.311. The van der Waals surface area contributed by atoms with Gasteiger partial charge in [-0.3, -0.25) is 0 Å². The maximum Gasteiger partial charge on any atom is 0.343 e. The smallest absolute Gasteiger partial charge is 0.343 e. The Morgan fingerprint density at radius 1 is 1.45 bits per heavy atom. The molecule has 6 nitrogen and oxygen atoms in total. The molecule has 0 fully saturated rings. The Balaban J connectivity index is 2.50. The van der Waals surface area contributed by atoms with Gasteiger partial charge in [-0.05, 0) is 32.4 Å². The molecule has 1 aromatic heterocycles. The molecule has 1 aromatic rings. The van der Waals surface area contributed by atoms with Crippen LogP contribution in [0.15, 0.2) is 0 Å². The molecular weight excluding hydrogens is 278 g/mol. The van der Waals surface area contributed by atoms with Gasteiger partial charge < -0.3 is 19.7 Å². The Labute approximate surface area is 124 Å². The lowest BCUT2D eigenvalue weighted by molar-refractivity contribution is 0.0527. The number of carbonyl (C=O) groups excluding carboxylic acids is 1. The number of esters is 1. The second kappa shape index (κ2) is 8.89. The van der Waals surface area contributed by atoms with Gasteiger partial charge in [0, 0.05) is 26.7 Å². The average Bonchev–Trinajstić information content (AvgIpc) is 2.78. The highest BCUT2D eigenvalue weighted by molar-refractivity contribution is 7.10. The third-order valence-electron chi connectivity index (χ3n) is 2.80. The fourth-order valence-corrected chi connectivity index (χ4v) is 2.46. The van der Waals surface area contributed by atoms with Gasteiger partial charge in [0.25, 0.3) is 0 Å². The molecule has 0 atom stereocenters. The predicted octanol–water partition coefficient (Wildman–Crippen LogP) is 1.62. The minimum absolute atomic E-state index is 0.311. The highest BCUT2D eigenvalue weighted by atomic mass is 32.1. The number of carbonyl (C=O) groups is 1. The van der Waals surface area contributed by atoms with Crippen molar-refractivity contribution in [3.05, 3.63) is 11.3 Å². The molecule has 0 saturated carbocycles. The number of aryl methyl sites for hydroxylation is 1. The Kier molecular flexibility index (Phi) is 7.50. The van der Waals surface area contributed by atoms with Crippen LogP contribution in [0.25, 0.3) is 0 Å². The van der Waals surface area contributed by atoms with Crippen LogP contribution in [-0.4, -0.2) is 62.2 Å². The number of hydrogen-bond acceptors (Lipinski definition) is 7. The van der Waals surface area contributed by atoms with Crippen molar-refractivity contribution >= 4 is 22.5 Å². The number of ether oxygens (including phenoxy) is 2. The second-order valence-electron chi connectivity index (χ2n) is 4.42. The first kappa shape index (κ1) is 16.9. The Morgan fingerprint density at radius 3 is 2.85 bits per heavy atom. The lowest BCUT2D eigenvalue weighted by atomic mass is 10.2. The zero-order valence-electron chi connectivity index (χ0n) is 12.6. The average molecular weight is 301 g/mol. The monoisotopic (exact) mass is 301 g/mol. The van der Waals surface area contributed by atoms with E-state index in [0.29, 0.717) is 24.5 Å². The third kappa shape index (κ3) is 5.07. The van der Waals surface area contributed by atoms with Crippen molar-refractivity contribution in [2.75, 3.05) is 52.3 Å². The van der Waals surface area contributed by atoms with Crippen LogP contribution in [0, 0.1) is 6.92 Å². The van der Waals surface area contributed by atoms with Crippen molar-refractivity contribution in [1.82, 2.24) is 9.27 Å². The number of nitrogens with one attached hydrogen (secondary N) is 1. The number of rotatable bonds is 9. The summed E-state index contributed by atoms with van der Waals surface area (Å²) in [7, 11) is 3.72. The van der Waals surface area contributed by atoms with Crippen molar-refractivity contribution in [2.45, 2.75) is 13.8 Å². The number of likely N-dealkylation sites (N-methyl/N-ethyl adjacent to an activating group) is 1. The molecule has 0 bridgehead atoms. The lowest BCUT2D eigenvalue weighted by Gasteiger charge is -2.16. The zero-order valence-corrected chi connectivity index (χ0v) is 13.4. The molecule has 20 heavy (non-hydrogen) atoms. The molecule has 114 valence electrons.